The summed E-state index contributed by atoms with van der Waals surface area (Å²) in [5.41, 5.74) is 7.27. The third-order valence-electron chi connectivity index (χ3n) is 2.87. The summed E-state index contributed by atoms with van der Waals surface area (Å²) >= 11 is 1.63. The molecule has 0 aliphatic heterocycles. The lowest BCUT2D eigenvalue weighted by Crippen LogP contribution is -2.01. The standard InChI is InChI=1S/C13H15N5OS/c14-5-1-3-10-8-18(17-15-10)9-11-7-12(19-16-11)13-4-2-6-20-13/h2,4,6-8H,1,3,5,9,14H2. The molecule has 3 aromatic rings. The van der Waals surface area contributed by atoms with Crippen LogP contribution in [0.25, 0.3) is 10.6 Å². The molecule has 0 radical (unpaired) electrons. The van der Waals surface area contributed by atoms with Crippen LogP contribution in [0.2, 0.25) is 0 Å². The van der Waals surface area contributed by atoms with E-state index in [0.717, 1.165) is 34.9 Å². The Morgan fingerprint density at radius 1 is 1.35 bits per heavy atom. The topological polar surface area (TPSA) is 82.8 Å². The normalized spacial score (nSPS) is 11.1. The zero-order valence-corrected chi connectivity index (χ0v) is 11.7. The van der Waals surface area contributed by atoms with Gasteiger partial charge >= 0.3 is 0 Å². The van der Waals surface area contributed by atoms with Crippen molar-refractivity contribution in [3.63, 3.8) is 0 Å². The molecule has 104 valence electrons. The van der Waals surface area contributed by atoms with Gasteiger partial charge in [0.2, 0.25) is 0 Å². The molecule has 3 rings (SSSR count). The van der Waals surface area contributed by atoms with Gasteiger partial charge in [0.1, 0.15) is 5.69 Å². The summed E-state index contributed by atoms with van der Waals surface area (Å²) in [5.74, 6) is 0.790. The van der Waals surface area contributed by atoms with Gasteiger partial charge in [-0.05, 0) is 30.8 Å². The van der Waals surface area contributed by atoms with Crippen LogP contribution in [0.5, 0.6) is 0 Å². The Balaban J connectivity index is 1.67. The van der Waals surface area contributed by atoms with Gasteiger partial charge < -0.3 is 10.3 Å². The lowest BCUT2D eigenvalue weighted by Gasteiger charge is -1.93. The van der Waals surface area contributed by atoms with E-state index in [4.69, 9.17) is 10.3 Å². The fourth-order valence-electron chi connectivity index (χ4n) is 1.90. The fraction of sp³-hybridized carbons (Fsp3) is 0.308. The smallest absolute Gasteiger partial charge is 0.177 e. The van der Waals surface area contributed by atoms with E-state index in [9.17, 15) is 0 Å². The van der Waals surface area contributed by atoms with Crippen molar-refractivity contribution in [2.24, 2.45) is 5.73 Å². The molecule has 0 aliphatic rings. The highest BCUT2D eigenvalue weighted by molar-refractivity contribution is 7.13. The summed E-state index contributed by atoms with van der Waals surface area (Å²) in [6, 6.07) is 5.94. The van der Waals surface area contributed by atoms with Gasteiger partial charge in [0.15, 0.2) is 5.76 Å². The zero-order valence-electron chi connectivity index (χ0n) is 10.9. The zero-order chi connectivity index (χ0) is 13.8. The van der Waals surface area contributed by atoms with Crippen LogP contribution in [0.1, 0.15) is 17.8 Å². The molecule has 0 atom stereocenters. The number of thiophene rings is 1. The second kappa shape index (κ2) is 5.98. The monoisotopic (exact) mass is 289 g/mol. The minimum Gasteiger partial charge on any atom is -0.355 e. The van der Waals surface area contributed by atoms with Gasteiger partial charge in [-0.25, -0.2) is 4.68 Å². The second-order valence-electron chi connectivity index (χ2n) is 4.46. The molecule has 0 bridgehead atoms. The fourth-order valence-corrected chi connectivity index (χ4v) is 2.57. The van der Waals surface area contributed by atoms with E-state index in [1.54, 1.807) is 16.0 Å². The summed E-state index contributed by atoms with van der Waals surface area (Å²) in [6.45, 7) is 1.23. The average molecular weight is 289 g/mol. The third kappa shape index (κ3) is 2.94. The van der Waals surface area contributed by atoms with E-state index in [1.807, 2.05) is 29.8 Å². The van der Waals surface area contributed by atoms with Crippen molar-refractivity contribution >= 4 is 11.3 Å². The molecule has 20 heavy (non-hydrogen) atoms. The Bertz CT molecular complexity index is 658. The van der Waals surface area contributed by atoms with Crippen LogP contribution in [0.3, 0.4) is 0 Å². The van der Waals surface area contributed by atoms with E-state index in [2.05, 4.69) is 15.5 Å². The summed E-state index contributed by atoms with van der Waals surface area (Å²) in [7, 11) is 0. The van der Waals surface area contributed by atoms with Crippen molar-refractivity contribution in [3.05, 3.63) is 41.2 Å². The van der Waals surface area contributed by atoms with Crippen molar-refractivity contribution in [3.8, 4) is 10.6 Å². The van der Waals surface area contributed by atoms with E-state index in [1.165, 1.54) is 0 Å². The van der Waals surface area contributed by atoms with Crippen molar-refractivity contribution in [1.29, 1.82) is 0 Å². The number of rotatable bonds is 6. The second-order valence-corrected chi connectivity index (χ2v) is 5.41. The Morgan fingerprint density at radius 2 is 2.30 bits per heavy atom. The molecule has 0 spiro atoms. The molecule has 0 saturated heterocycles. The molecule has 6 nitrogen and oxygen atoms in total. The van der Waals surface area contributed by atoms with Crippen LogP contribution in [-0.4, -0.2) is 26.7 Å². The highest BCUT2D eigenvalue weighted by atomic mass is 32.1. The molecular formula is C13H15N5OS. The first kappa shape index (κ1) is 13.0. The van der Waals surface area contributed by atoms with Crippen LogP contribution in [0, 0.1) is 0 Å². The van der Waals surface area contributed by atoms with Crippen LogP contribution in [0.15, 0.2) is 34.3 Å². The first-order valence-electron chi connectivity index (χ1n) is 6.43. The number of hydrogen-bond donors (Lipinski definition) is 1. The van der Waals surface area contributed by atoms with Crippen LogP contribution >= 0.6 is 11.3 Å². The predicted octanol–water partition coefficient (Wildman–Crippen LogP) is 1.93. The summed E-state index contributed by atoms with van der Waals surface area (Å²) in [4.78, 5) is 1.07. The van der Waals surface area contributed by atoms with Gasteiger partial charge in [-0.2, -0.15) is 0 Å². The Kier molecular flexibility index (Phi) is 3.89. The van der Waals surface area contributed by atoms with Crippen molar-refractivity contribution in [2.45, 2.75) is 19.4 Å². The number of nitrogens with two attached hydrogens (primary N) is 1. The van der Waals surface area contributed by atoms with Gasteiger partial charge in [-0.15, -0.1) is 16.4 Å². The molecule has 0 fully saturated rings. The van der Waals surface area contributed by atoms with E-state index in [0.29, 0.717) is 13.1 Å². The third-order valence-corrected chi connectivity index (χ3v) is 3.75. The molecule has 0 saturated carbocycles. The number of nitrogens with zero attached hydrogens (tertiary/aromatic N) is 4. The van der Waals surface area contributed by atoms with Gasteiger partial charge in [0.05, 0.1) is 17.1 Å². The maximum Gasteiger partial charge on any atom is 0.177 e. The predicted molar refractivity (Wildman–Crippen MR) is 76.3 cm³/mol. The van der Waals surface area contributed by atoms with Gasteiger partial charge in [-0.3, -0.25) is 0 Å². The largest absolute Gasteiger partial charge is 0.355 e. The lowest BCUT2D eigenvalue weighted by atomic mass is 10.2. The van der Waals surface area contributed by atoms with Crippen LogP contribution in [-0.2, 0) is 13.0 Å². The molecule has 0 unspecified atom stereocenters. The van der Waals surface area contributed by atoms with Crippen LogP contribution < -0.4 is 5.73 Å². The quantitative estimate of drug-likeness (QED) is 0.749. The first-order valence-corrected chi connectivity index (χ1v) is 7.31. The van der Waals surface area contributed by atoms with Crippen LogP contribution in [0.4, 0.5) is 0 Å². The Hall–Kier alpha value is -1.99. The Labute approximate surface area is 120 Å². The highest BCUT2D eigenvalue weighted by Crippen LogP contribution is 2.25. The molecule has 7 heteroatoms. The molecule has 3 aromatic heterocycles. The minimum atomic E-state index is 0.560. The first-order chi connectivity index (χ1) is 9.85. The summed E-state index contributed by atoms with van der Waals surface area (Å²) in [5, 5.41) is 14.3. The van der Waals surface area contributed by atoms with Gasteiger partial charge in [0, 0.05) is 12.3 Å². The number of aryl methyl sites for hydroxylation is 1. The molecular weight excluding hydrogens is 274 g/mol. The van der Waals surface area contributed by atoms with E-state index in [-0.39, 0.29) is 0 Å². The van der Waals surface area contributed by atoms with Crippen molar-refractivity contribution < 1.29 is 4.52 Å². The molecule has 3 heterocycles. The van der Waals surface area contributed by atoms with Gasteiger partial charge in [-0.1, -0.05) is 16.4 Å². The molecule has 0 aromatic carbocycles. The Morgan fingerprint density at radius 3 is 3.10 bits per heavy atom. The van der Waals surface area contributed by atoms with Crippen molar-refractivity contribution in [2.75, 3.05) is 6.54 Å². The van der Waals surface area contributed by atoms with E-state index >= 15 is 0 Å². The minimum absolute atomic E-state index is 0.560. The van der Waals surface area contributed by atoms with E-state index < -0.39 is 0 Å². The average Bonchev–Trinajstić information content (AvgIpc) is 3.18. The molecule has 0 aliphatic carbocycles. The highest BCUT2D eigenvalue weighted by Gasteiger charge is 2.09. The van der Waals surface area contributed by atoms with Crippen molar-refractivity contribution in [1.82, 2.24) is 20.2 Å². The summed E-state index contributed by atoms with van der Waals surface area (Å²) in [6.07, 6.45) is 3.70. The molecule has 2 N–H and O–H groups in total. The number of hydrogen-bond acceptors (Lipinski definition) is 6. The lowest BCUT2D eigenvalue weighted by molar-refractivity contribution is 0.419. The number of aromatic nitrogens is 4. The molecule has 0 amide bonds. The van der Waals surface area contributed by atoms with Gasteiger partial charge in [0.25, 0.3) is 0 Å². The SMILES string of the molecule is NCCCc1cn(Cc2cc(-c3cccs3)on2)nn1. The summed E-state index contributed by atoms with van der Waals surface area (Å²) < 4.78 is 7.10. The maximum atomic E-state index is 5.48. The maximum absolute atomic E-state index is 5.48.